The van der Waals surface area contributed by atoms with E-state index < -0.39 is 0 Å². The quantitative estimate of drug-likeness (QED) is 0.859. The minimum absolute atomic E-state index is 0.0344. The van der Waals surface area contributed by atoms with Gasteiger partial charge in [-0.3, -0.25) is 14.5 Å². The van der Waals surface area contributed by atoms with Crippen LogP contribution >= 0.6 is 0 Å². The molecule has 128 valence electrons. The van der Waals surface area contributed by atoms with Crippen molar-refractivity contribution < 1.29 is 9.59 Å². The summed E-state index contributed by atoms with van der Waals surface area (Å²) in [4.78, 5) is 31.2. The van der Waals surface area contributed by atoms with Gasteiger partial charge in [-0.1, -0.05) is 18.2 Å². The average molecular weight is 328 g/mol. The normalized spacial score (nSPS) is 25.8. The van der Waals surface area contributed by atoms with Crippen molar-refractivity contribution in [2.45, 2.75) is 12.5 Å². The lowest BCUT2D eigenvalue weighted by Crippen LogP contribution is -2.58. The molecule has 0 aliphatic carbocycles. The molecule has 3 fully saturated rings. The Balaban J connectivity index is 1.34. The highest BCUT2D eigenvalue weighted by molar-refractivity contribution is 5.99. The van der Waals surface area contributed by atoms with Crippen LogP contribution in [-0.4, -0.2) is 73.5 Å². The summed E-state index contributed by atoms with van der Waals surface area (Å²) in [6.07, 6.45) is 0.869. The van der Waals surface area contributed by atoms with Gasteiger partial charge >= 0.3 is 0 Å². The van der Waals surface area contributed by atoms with Gasteiger partial charge in [0.15, 0.2) is 0 Å². The first-order valence-electron chi connectivity index (χ1n) is 8.84. The standard InChI is InChI=1S/C18H24N4O2/c23-17(14-12-19-13-14)21-10-8-20(9-11-21)16-6-7-22(18(16)24)15-4-2-1-3-5-15/h1-5,14,16,19H,6-13H2. The van der Waals surface area contributed by atoms with Crippen LogP contribution in [0.4, 0.5) is 5.69 Å². The van der Waals surface area contributed by atoms with E-state index >= 15 is 0 Å². The van der Waals surface area contributed by atoms with E-state index in [0.717, 1.165) is 57.9 Å². The lowest BCUT2D eigenvalue weighted by atomic mass is 10.0. The molecule has 1 atom stereocenters. The third-order valence-corrected chi connectivity index (χ3v) is 5.44. The molecule has 3 heterocycles. The Labute approximate surface area is 142 Å². The molecule has 0 bridgehead atoms. The zero-order chi connectivity index (χ0) is 16.5. The zero-order valence-corrected chi connectivity index (χ0v) is 13.9. The molecule has 0 aromatic heterocycles. The van der Waals surface area contributed by atoms with Crippen LogP contribution in [-0.2, 0) is 9.59 Å². The molecular formula is C18H24N4O2. The van der Waals surface area contributed by atoms with Crippen molar-refractivity contribution in [3.63, 3.8) is 0 Å². The summed E-state index contributed by atoms with van der Waals surface area (Å²) in [6, 6.07) is 9.85. The number of nitrogens with one attached hydrogen (secondary N) is 1. The van der Waals surface area contributed by atoms with Crippen molar-refractivity contribution in [1.82, 2.24) is 15.1 Å². The van der Waals surface area contributed by atoms with Gasteiger partial charge in [-0.25, -0.2) is 0 Å². The monoisotopic (exact) mass is 328 g/mol. The molecule has 1 N–H and O–H groups in total. The Bertz CT molecular complexity index is 609. The maximum Gasteiger partial charge on any atom is 0.244 e. The Morgan fingerprint density at radius 2 is 1.71 bits per heavy atom. The number of carbonyl (C=O) groups is 2. The fraction of sp³-hybridized carbons (Fsp3) is 0.556. The van der Waals surface area contributed by atoms with E-state index in [0.29, 0.717) is 0 Å². The number of carbonyl (C=O) groups excluding carboxylic acids is 2. The second-order valence-corrected chi connectivity index (χ2v) is 6.85. The zero-order valence-electron chi connectivity index (χ0n) is 13.9. The fourth-order valence-electron chi connectivity index (χ4n) is 3.84. The number of hydrogen-bond donors (Lipinski definition) is 1. The molecule has 0 spiro atoms. The topological polar surface area (TPSA) is 55.9 Å². The van der Waals surface area contributed by atoms with Crippen LogP contribution in [0.1, 0.15) is 6.42 Å². The highest BCUT2D eigenvalue weighted by Gasteiger charge is 2.39. The molecule has 6 heteroatoms. The summed E-state index contributed by atoms with van der Waals surface area (Å²) < 4.78 is 0. The molecule has 3 aliphatic heterocycles. The molecule has 6 nitrogen and oxygen atoms in total. The molecule has 3 saturated heterocycles. The van der Waals surface area contributed by atoms with Crippen molar-refractivity contribution in [1.29, 1.82) is 0 Å². The van der Waals surface area contributed by atoms with Gasteiger partial charge in [0.25, 0.3) is 0 Å². The SMILES string of the molecule is O=C(C1CNC1)N1CCN(C2CCN(c3ccccc3)C2=O)CC1. The number of anilines is 1. The van der Waals surface area contributed by atoms with E-state index in [4.69, 9.17) is 0 Å². The first-order valence-corrected chi connectivity index (χ1v) is 8.84. The fourth-order valence-corrected chi connectivity index (χ4v) is 3.84. The van der Waals surface area contributed by atoms with E-state index in [-0.39, 0.29) is 23.8 Å². The molecule has 2 amide bonds. The summed E-state index contributed by atoms with van der Waals surface area (Å²) >= 11 is 0. The predicted molar refractivity (Wildman–Crippen MR) is 91.7 cm³/mol. The Hall–Kier alpha value is -1.92. The second kappa shape index (κ2) is 6.53. The predicted octanol–water partition coefficient (Wildman–Crippen LogP) is 0.156. The van der Waals surface area contributed by atoms with Crippen molar-refractivity contribution in [2.24, 2.45) is 5.92 Å². The summed E-state index contributed by atoms with van der Waals surface area (Å²) in [5, 5.41) is 3.15. The Kier molecular flexibility index (Phi) is 4.24. The van der Waals surface area contributed by atoms with Crippen LogP contribution in [0.25, 0.3) is 0 Å². The molecule has 4 rings (SSSR count). The van der Waals surface area contributed by atoms with Crippen molar-refractivity contribution in [2.75, 3.05) is 50.7 Å². The maximum atomic E-state index is 12.8. The van der Waals surface area contributed by atoms with E-state index in [1.165, 1.54) is 0 Å². The minimum atomic E-state index is -0.0344. The van der Waals surface area contributed by atoms with Crippen LogP contribution in [0.2, 0.25) is 0 Å². The molecule has 1 unspecified atom stereocenters. The highest BCUT2D eigenvalue weighted by Crippen LogP contribution is 2.25. The third kappa shape index (κ3) is 2.80. The van der Waals surface area contributed by atoms with E-state index in [9.17, 15) is 9.59 Å². The van der Waals surface area contributed by atoms with E-state index in [1.54, 1.807) is 0 Å². The summed E-state index contributed by atoms with van der Waals surface area (Å²) in [7, 11) is 0. The Morgan fingerprint density at radius 1 is 1.00 bits per heavy atom. The molecule has 3 aliphatic rings. The highest BCUT2D eigenvalue weighted by atomic mass is 16.2. The molecule has 24 heavy (non-hydrogen) atoms. The molecule has 0 saturated carbocycles. The second-order valence-electron chi connectivity index (χ2n) is 6.85. The van der Waals surface area contributed by atoms with Crippen molar-refractivity contribution in [3.05, 3.63) is 30.3 Å². The number of para-hydroxylation sites is 1. The lowest BCUT2D eigenvalue weighted by Gasteiger charge is -2.40. The largest absolute Gasteiger partial charge is 0.340 e. The smallest absolute Gasteiger partial charge is 0.244 e. The summed E-state index contributed by atoms with van der Waals surface area (Å²) in [6.45, 7) is 5.48. The van der Waals surface area contributed by atoms with Gasteiger partial charge < -0.3 is 15.1 Å². The van der Waals surface area contributed by atoms with Crippen molar-refractivity contribution in [3.8, 4) is 0 Å². The number of hydrogen-bond acceptors (Lipinski definition) is 4. The first kappa shape index (κ1) is 15.6. The van der Waals surface area contributed by atoms with Gasteiger partial charge in [-0.2, -0.15) is 0 Å². The number of nitrogens with zero attached hydrogens (tertiary/aromatic N) is 3. The maximum absolute atomic E-state index is 12.8. The summed E-state index contributed by atoms with van der Waals surface area (Å²) in [5.41, 5.74) is 0.983. The van der Waals surface area contributed by atoms with Crippen molar-refractivity contribution >= 4 is 17.5 Å². The Morgan fingerprint density at radius 3 is 2.33 bits per heavy atom. The van der Waals surface area contributed by atoms with Crippen LogP contribution in [0.3, 0.4) is 0 Å². The number of amides is 2. The van der Waals surface area contributed by atoms with Gasteiger partial charge in [0, 0.05) is 51.5 Å². The summed E-state index contributed by atoms with van der Waals surface area (Å²) in [5.74, 6) is 0.638. The minimum Gasteiger partial charge on any atom is -0.340 e. The molecule has 1 aromatic carbocycles. The van der Waals surface area contributed by atoms with Gasteiger partial charge in [0.1, 0.15) is 0 Å². The van der Waals surface area contributed by atoms with Crippen LogP contribution < -0.4 is 10.2 Å². The number of rotatable bonds is 3. The van der Waals surface area contributed by atoms with Gasteiger partial charge in [-0.15, -0.1) is 0 Å². The average Bonchev–Trinajstić information content (AvgIpc) is 2.96. The van der Waals surface area contributed by atoms with Gasteiger partial charge in [0.2, 0.25) is 11.8 Å². The molecular weight excluding hydrogens is 304 g/mol. The van der Waals surface area contributed by atoms with Crippen LogP contribution in [0, 0.1) is 5.92 Å². The van der Waals surface area contributed by atoms with E-state index in [2.05, 4.69) is 10.2 Å². The first-order chi connectivity index (χ1) is 11.7. The number of piperazine rings is 1. The van der Waals surface area contributed by atoms with E-state index in [1.807, 2.05) is 40.1 Å². The van der Waals surface area contributed by atoms with Gasteiger partial charge in [-0.05, 0) is 18.6 Å². The number of benzene rings is 1. The molecule has 1 aromatic rings. The van der Waals surface area contributed by atoms with Crippen LogP contribution in [0.5, 0.6) is 0 Å². The third-order valence-electron chi connectivity index (χ3n) is 5.44. The van der Waals surface area contributed by atoms with Gasteiger partial charge in [0.05, 0.1) is 12.0 Å². The lowest BCUT2D eigenvalue weighted by molar-refractivity contribution is -0.139. The molecule has 0 radical (unpaired) electrons. The van der Waals surface area contributed by atoms with Crippen LogP contribution in [0.15, 0.2) is 30.3 Å².